The second kappa shape index (κ2) is 6.40. The SMILES string of the molecule is Cc1c(C)c2c(c(C)c1O)CCC(C)(C(=O)OCCN(C)C)O2. The largest absolute Gasteiger partial charge is 0.507 e. The van der Waals surface area contributed by atoms with Crippen molar-refractivity contribution < 1.29 is 19.4 Å². The zero-order chi connectivity index (χ0) is 17.4. The molecule has 1 unspecified atom stereocenters. The van der Waals surface area contributed by atoms with Gasteiger partial charge in [0.05, 0.1) is 0 Å². The number of carbonyl (C=O) groups is 1. The van der Waals surface area contributed by atoms with Crippen LogP contribution in [0.4, 0.5) is 0 Å². The molecule has 0 bridgehead atoms. The highest BCUT2D eigenvalue weighted by atomic mass is 16.6. The molecule has 5 heteroatoms. The first-order valence-corrected chi connectivity index (χ1v) is 8.00. The van der Waals surface area contributed by atoms with Crippen molar-refractivity contribution in [2.45, 2.75) is 46.1 Å². The molecule has 1 aromatic carbocycles. The second-order valence-corrected chi connectivity index (χ2v) is 6.80. The minimum atomic E-state index is -0.972. The molecule has 0 spiro atoms. The van der Waals surface area contributed by atoms with E-state index in [0.717, 1.165) is 28.0 Å². The smallest absolute Gasteiger partial charge is 0.350 e. The van der Waals surface area contributed by atoms with Crippen molar-refractivity contribution in [3.63, 3.8) is 0 Å². The van der Waals surface area contributed by atoms with Crippen molar-refractivity contribution in [1.29, 1.82) is 0 Å². The summed E-state index contributed by atoms with van der Waals surface area (Å²) in [6.07, 6.45) is 1.23. The molecule has 1 heterocycles. The van der Waals surface area contributed by atoms with Crippen LogP contribution in [0.5, 0.6) is 11.5 Å². The average Bonchev–Trinajstić information content (AvgIpc) is 2.50. The van der Waals surface area contributed by atoms with E-state index in [1.807, 2.05) is 39.8 Å². The summed E-state index contributed by atoms with van der Waals surface area (Å²) in [6.45, 7) is 8.49. The number of phenols is 1. The third kappa shape index (κ3) is 3.29. The van der Waals surface area contributed by atoms with Gasteiger partial charge in [-0.15, -0.1) is 0 Å². The number of phenolic OH excluding ortho intramolecular Hbond substituents is 1. The fraction of sp³-hybridized carbons (Fsp3) is 0.611. The summed E-state index contributed by atoms with van der Waals surface area (Å²) in [7, 11) is 3.87. The fourth-order valence-electron chi connectivity index (χ4n) is 2.87. The van der Waals surface area contributed by atoms with E-state index in [1.165, 1.54) is 0 Å². The molecular weight excluding hydrogens is 294 g/mol. The van der Waals surface area contributed by atoms with Crippen LogP contribution in [-0.2, 0) is 16.0 Å². The molecular formula is C18H27NO4. The molecule has 0 amide bonds. The van der Waals surface area contributed by atoms with E-state index < -0.39 is 5.60 Å². The molecule has 0 aliphatic carbocycles. The van der Waals surface area contributed by atoms with E-state index in [4.69, 9.17) is 9.47 Å². The Morgan fingerprint density at radius 3 is 2.52 bits per heavy atom. The van der Waals surface area contributed by atoms with E-state index >= 15 is 0 Å². The van der Waals surface area contributed by atoms with Gasteiger partial charge in [-0.3, -0.25) is 0 Å². The van der Waals surface area contributed by atoms with Gasteiger partial charge >= 0.3 is 5.97 Å². The van der Waals surface area contributed by atoms with Gasteiger partial charge in [-0.1, -0.05) is 0 Å². The van der Waals surface area contributed by atoms with Crippen LogP contribution >= 0.6 is 0 Å². The first-order chi connectivity index (χ1) is 10.7. The predicted octanol–water partition coefficient (Wildman–Crippen LogP) is 2.51. The monoisotopic (exact) mass is 321 g/mol. The zero-order valence-corrected chi connectivity index (χ0v) is 14.9. The van der Waals surface area contributed by atoms with Crippen LogP contribution in [-0.4, -0.2) is 48.8 Å². The van der Waals surface area contributed by atoms with Gasteiger partial charge < -0.3 is 19.5 Å². The average molecular weight is 321 g/mol. The van der Waals surface area contributed by atoms with E-state index in [-0.39, 0.29) is 5.97 Å². The van der Waals surface area contributed by atoms with Crippen molar-refractivity contribution in [3.8, 4) is 11.5 Å². The lowest BCUT2D eigenvalue weighted by molar-refractivity contribution is -0.162. The number of likely N-dealkylation sites (N-methyl/N-ethyl adjacent to an activating group) is 1. The van der Waals surface area contributed by atoms with Gasteiger partial charge in [-0.05, 0) is 64.9 Å². The number of benzene rings is 1. The summed E-state index contributed by atoms with van der Waals surface area (Å²) in [6, 6.07) is 0. The lowest BCUT2D eigenvalue weighted by Gasteiger charge is -2.36. The molecule has 23 heavy (non-hydrogen) atoms. The van der Waals surface area contributed by atoms with Crippen LogP contribution in [0.25, 0.3) is 0 Å². The van der Waals surface area contributed by atoms with Crippen LogP contribution < -0.4 is 4.74 Å². The highest BCUT2D eigenvalue weighted by molar-refractivity contribution is 5.80. The van der Waals surface area contributed by atoms with Crippen molar-refractivity contribution in [2.75, 3.05) is 27.2 Å². The Bertz CT molecular complexity index is 624. The topological polar surface area (TPSA) is 59.0 Å². The van der Waals surface area contributed by atoms with Gasteiger partial charge in [0.2, 0.25) is 5.60 Å². The van der Waals surface area contributed by atoms with Crippen molar-refractivity contribution >= 4 is 5.97 Å². The maximum Gasteiger partial charge on any atom is 0.350 e. The van der Waals surface area contributed by atoms with E-state index in [9.17, 15) is 9.90 Å². The molecule has 0 saturated heterocycles. The number of hydrogen-bond acceptors (Lipinski definition) is 5. The van der Waals surface area contributed by atoms with Crippen LogP contribution in [0, 0.1) is 20.8 Å². The normalized spacial score (nSPS) is 20.1. The number of nitrogens with zero attached hydrogens (tertiary/aromatic N) is 1. The zero-order valence-electron chi connectivity index (χ0n) is 14.9. The maximum absolute atomic E-state index is 12.4. The third-order valence-corrected chi connectivity index (χ3v) is 4.72. The number of aromatic hydroxyl groups is 1. The van der Waals surface area contributed by atoms with Gasteiger partial charge in [0.25, 0.3) is 0 Å². The Balaban J connectivity index is 2.23. The Morgan fingerprint density at radius 1 is 1.26 bits per heavy atom. The molecule has 1 aromatic rings. The molecule has 1 aliphatic heterocycles. The van der Waals surface area contributed by atoms with Gasteiger partial charge in [0, 0.05) is 18.5 Å². The highest BCUT2D eigenvalue weighted by Gasteiger charge is 2.42. The van der Waals surface area contributed by atoms with Gasteiger partial charge in [0.1, 0.15) is 18.1 Å². The molecule has 0 aromatic heterocycles. The van der Waals surface area contributed by atoms with Crippen molar-refractivity contribution in [2.24, 2.45) is 0 Å². The number of esters is 1. The molecule has 128 valence electrons. The standard InChI is InChI=1S/C18H27NO4/c1-11-12(2)16-14(13(3)15(11)20)7-8-18(4,23-16)17(21)22-10-9-19(5)6/h20H,7-10H2,1-6H3. The number of ether oxygens (including phenoxy) is 2. The summed E-state index contributed by atoms with van der Waals surface area (Å²) in [4.78, 5) is 14.4. The molecule has 1 atom stereocenters. The predicted molar refractivity (Wildman–Crippen MR) is 89.2 cm³/mol. The molecule has 1 N–H and O–H groups in total. The highest BCUT2D eigenvalue weighted by Crippen LogP contribution is 2.43. The van der Waals surface area contributed by atoms with E-state index in [2.05, 4.69) is 0 Å². The Hall–Kier alpha value is -1.75. The molecule has 0 radical (unpaired) electrons. The Labute approximate surface area is 138 Å². The van der Waals surface area contributed by atoms with Crippen LogP contribution in [0.15, 0.2) is 0 Å². The summed E-state index contributed by atoms with van der Waals surface area (Å²) < 4.78 is 11.5. The molecule has 0 fully saturated rings. The second-order valence-electron chi connectivity index (χ2n) is 6.80. The van der Waals surface area contributed by atoms with Gasteiger partial charge in [-0.25, -0.2) is 4.79 Å². The lowest BCUT2D eigenvalue weighted by atomic mass is 9.87. The molecule has 5 nitrogen and oxygen atoms in total. The van der Waals surface area contributed by atoms with Gasteiger partial charge in [-0.2, -0.15) is 0 Å². The summed E-state index contributed by atoms with van der Waals surface area (Å²) in [5.41, 5.74) is 2.54. The van der Waals surface area contributed by atoms with Crippen molar-refractivity contribution in [3.05, 3.63) is 22.3 Å². The number of carbonyl (C=O) groups excluding carboxylic acids is 1. The van der Waals surface area contributed by atoms with E-state index in [0.29, 0.717) is 31.7 Å². The lowest BCUT2D eigenvalue weighted by Crippen LogP contribution is -2.46. The van der Waals surface area contributed by atoms with Crippen LogP contribution in [0.2, 0.25) is 0 Å². The third-order valence-electron chi connectivity index (χ3n) is 4.72. The summed E-state index contributed by atoms with van der Waals surface area (Å²) in [5, 5.41) is 10.2. The van der Waals surface area contributed by atoms with Crippen LogP contribution in [0.1, 0.15) is 35.6 Å². The first kappa shape index (κ1) is 17.6. The minimum Gasteiger partial charge on any atom is -0.507 e. The number of hydrogen-bond donors (Lipinski definition) is 1. The minimum absolute atomic E-state index is 0.321. The Morgan fingerprint density at radius 2 is 1.91 bits per heavy atom. The molecule has 0 saturated carbocycles. The molecule has 2 rings (SSSR count). The molecule has 1 aliphatic rings. The van der Waals surface area contributed by atoms with Crippen molar-refractivity contribution in [1.82, 2.24) is 4.90 Å². The number of fused-ring (bicyclic) bond motifs is 1. The van der Waals surface area contributed by atoms with Crippen LogP contribution in [0.3, 0.4) is 0 Å². The summed E-state index contributed by atoms with van der Waals surface area (Å²) in [5.74, 6) is 0.714. The Kier molecular flexibility index (Phi) is 4.90. The maximum atomic E-state index is 12.4. The first-order valence-electron chi connectivity index (χ1n) is 8.00. The van der Waals surface area contributed by atoms with Gasteiger partial charge in [0.15, 0.2) is 0 Å². The number of rotatable bonds is 4. The van der Waals surface area contributed by atoms with E-state index in [1.54, 1.807) is 6.92 Å². The quantitative estimate of drug-likeness (QED) is 0.864. The fourth-order valence-corrected chi connectivity index (χ4v) is 2.87. The summed E-state index contributed by atoms with van der Waals surface area (Å²) >= 11 is 0.